The van der Waals surface area contributed by atoms with E-state index in [1.54, 1.807) is 0 Å². The van der Waals surface area contributed by atoms with Crippen LogP contribution in [-0.4, -0.2) is 37.2 Å². The van der Waals surface area contributed by atoms with Gasteiger partial charge in [0, 0.05) is 19.1 Å². The first-order valence-electron chi connectivity index (χ1n) is 7.40. The number of hydrogen-bond acceptors (Lipinski definition) is 3. The summed E-state index contributed by atoms with van der Waals surface area (Å²) in [5.74, 6) is 1.55. The molecule has 2 fully saturated rings. The van der Waals surface area contributed by atoms with Gasteiger partial charge in [-0.2, -0.15) is 0 Å². The number of piperidine rings is 1. The van der Waals surface area contributed by atoms with Crippen LogP contribution in [0.4, 0.5) is 4.79 Å². The van der Waals surface area contributed by atoms with Crippen LogP contribution in [0.15, 0.2) is 30.3 Å². The molecule has 108 valence electrons. The average molecular weight is 274 g/mol. The number of benzene rings is 1. The van der Waals surface area contributed by atoms with E-state index in [0.29, 0.717) is 12.5 Å². The molecule has 1 heterocycles. The molecule has 1 aromatic carbocycles. The molecule has 1 amide bonds. The Balaban J connectivity index is 1.57. The van der Waals surface area contributed by atoms with Crippen LogP contribution in [0, 0.1) is 11.8 Å². The van der Waals surface area contributed by atoms with Crippen LogP contribution in [0.3, 0.4) is 0 Å². The van der Waals surface area contributed by atoms with Crippen molar-refractivity contribution in [3.05, 3.63) is 35.9 Å². The van der Waals surface area contributed by atoms with Crippen LogP contribution < -0.4 is 5.32 Å². The van der Waals surface area contributed by atoms with Crippen molar-refractivity contribution in [1.29, 1.82) is 0 Å². The fourth-order valence-corrected chi connectivity index (χ4v) is 3.16. The van der Waals surface area contributed by atoms with E-state index in [4.69, 9.17) is 4.74 Å². The molecule has 1 aliphatic carbocycles. The van der Waals surface area contributed by atoms with E-state index >= 15 is 0 Å². The number of likely N-dealkylation sites (tertiary alicyclic amines) is 1. The zero-order valence-electron chi connectivity index (χ0n) is 11.9. The highest BCUT2D eigenvalue weighted by molar-refractivity contribution is 5.68. The zero-order chi connectivity index (χ0) is 13.9. The van der Waals surface area contributed by atoms with E-state index in [1.807, 2.05) is 42.3 Å². The summed E-state index contributed by atoms with van der Waals surface area (Å²) in [6.45, 7) is 2.07. The molecular weight excluding hydrogens is 252 g/mol. The van der Waals surface area contributed by atoms with E-state index in [2.05, 4.69) is 5.32 Å². The van der Waals surface area contributed by atoms with Gasteiger partial charge in [-0.05, 0) is 37.3 Å². The second kappa shape index (κ2) is 5.83. The summed E-state index contributed by atoms with van der Waals surface area (Å²) in [6, 6.07) is 10.1. The third-order valence-corrected chi connectivity index (χ3v) is 4.40. The Hall–Kier alpha value is -1.55. The van der Waals surface area contributed by atoms with Crippen molar-refractivity contribution in [3.8, 4) is 0 Å². The fourth-order valence-electron chi connectivity index (χ4n) is 3.16. The fraction of sp³-hybridized carbons (Fsp3) is 0.562. The van der Waals surface area contributed by atoms with Gasteiger partial charge in [-0.3, -0.25) is 0 Å². The lowest BCUT2D eigenvalue weighted by Gasteiger charge is -2.34. The van der Waals surface area contributed by atoms with Crippen molar-refractivity contribution in [3.63, 3.8) is 0 Å². The molecule has 1 aromatic rings. The molecule has 1 saturated carbocycles. The number of carbonyl (C=O) groups excluding carboxylic acids is 1. The third kappa shape index (κ3) is 2.96. The van der Waals surface area contributed by atoms with Gasteiger partial charge < -0.3 is 15.0 Å². The summed E-state index contributed by atoms with van der Waals surface area (Å²) >= 11 is 0. The Bertz CT molecular complexity index is 463. The van der Waals surface area contributed by atoms with Crippen molar-refractivity contribution >= 4 is 6.09 Å². The van der Waals surface area contributed by atoms with Gasteiger partial charge in [-0.1, -0.05) is 30.3 Å². The largest absolute Gasteiger partial charge is 0.445 e. The maximum absolute atomic E-state index is 12.3. The van der Waals surface area contributed by atoms with Crippen LogP contribution >= 0.6 is 0 Å². The van der Waals surface area contributed by atoms with Gasteiger partial charge in [0.05, 0.1) is 0 Å². The van der Waals surface area contributed by atoms with Crippen LogP contribution in [0.5, 0.6) is 0 Å². The number of hydrogen-bond donors (Lipinski definition) is 1. The second-order valence-electron chi connectivity index (χ2n) is 5.90. The minimum absolute atomic E-state index is 0.167. The molecule has 0 aromatic heterocycles. The lowest BCUT2D eigenvalue weighted by atomic mass is 10.0. The molecule has 4 heteroatoms. The lowest BCUT2D eigenvalue weighted by molar-refractivity contribution is 0.0662. The Kier molecular flexibility index (Phi) is 3.92. The van der Waals surface area contributed by atoms with Gasteiger partial charge in [-0.15, -0.1) is 0 Å². The summed E-state index contributed by atoms with van der Waals surface area (Å²) in [5.41, 5.74) is 1.03. The molecule has 20 heavy (non-hydrogen) atoms. The van der Waals surface area contributed by atoms with Crippen LogP contribution in [-0.2, 0) is 11.3 Å². The molecule has 0 spiro atoms. The second-order valence-corrected chi connectivity index (χ2v) is 5.90. The van der Waals surface area contributed by atoms with Gasteiger partial charge in [-0.25, -0.2) is 4.79 Å². The predicted octanol–water partition coefficient (Wildman–Crippen LogP) is 2.25. The first kappa shape index (κ1) is 13.4. The summed E-state index contributed by atoms with van der Waals surface area (Å²) in [6.07, 6.45) is 2.23. The van der Waals surface area contributed by atoms with Gasteiger partial charge in [0.15, 0.2) is 0 Å². The number of nitrogens with one attached hydrogen (secondary N) is 1. The zero-order valence-corrected chi connectivity index (χ0v) is 11.9. The van der Waals surface area contributed by atoms with Crippen molar-refractivity contribution in [2.45, 2.75) is 25.5 Å². The highest BCUT2D eigenvalue weighted by Crippen LogP contribution is 2.47. The van der Waals surface area contributed by atoms with E-state index in [9.17, 15) is 4.79 Å². The summed E-state index contributed by atoms with van der Waals surface area (Å²) in [7, 11) is 1.94. The smallest absolute Gasteiger partial charge is 0.410 e. The monoisotopic (exact) mass is 274 g/mol. The third-order valence-electron chi connectivity index (χ3n) is 4.40. The minimum Gasteiger partial charge on any atom is -0.445 e. The Morgan fingerprint density at radius 1 is 1.30 bits per heavy atom. The van der Waals surface area contributed by atoms with E-state index in [1.165, 1.54) is 6.42 Å². The number of amides is 1. The molecule has 0 bridgehead atoms. The van der Waals surface area contributed by atoms with Crippen molar-refractivity contribution in [2.24, 2.45) is 11.8 Å². The molecule has 4 nitrogen and oxygen atoms in total. The first-order chi connectivity index (χ1) is 9.78. The number of likely N-dealkylation sites (N-methyl/N-ethyl adjacent to an activating group) is 1. The Labute approximate surface area is 120 Å². The average Bonchev–Trinajstić information content (AvgIpc) is 3.23. The Morgan fingerprint density at radius 3 is 2.85 bits per heavy atom. The van der Waals surface area contributed by atoms with Gasteiger partial charge >= 0.3 is 6.09 Å². The maximum atomic E-state index is 12.3. The van der Waals surface area contributed by atoms with Crippen LogP contribution in [0.25, 0.3) is 0 Å². The lowest BCUT2D eigenvalue weighted by Crippen LogP contribution is -2.49. The molecule has 1 N–H and O–H groups in total. The highest BCUT2D eigenvalue weighted by Gasteiger charge is 2.47. The van der Waals surface area contributed by atoms with Crippen molar-refractivity contribution in [2.75, 3.05) is 20.1 Å². The number of carbonyl (C=O) groups is 1. The van der Waals surface area contributed by atoms with Crippen molar-refractivity contribution in [1.82, 2.24) is 10.2 Å². The van der Waals surface area contributed by atoms with E-state index in [-0.39, 0.29) is 12.1 Å². The summed E-state index contributed by atoms with van der Waals surface area (Å²) in [4.78, 5) is 14.2. The number of ether oxygens (including phenoxy) is 1. The maximum Gasteiger partial charge on any atom is 0.410 e. The summed E-state index contributed by atoms with van der Waals surface area (Å²) in [5, 5.41) is 3.19. The summed E-state index contributed by atoms with van der Waals surface area (Å²) < 4.78 is 5.47. The molecule has 3 atom stereocenters. The molecular formula is C16H22N2O2. The normalized spacial score (nSPS) is 27.9. The SMILES string of the molecule is CNC[C@@H]1C[C@@H]2C[C@@H]2CN1C(=O)OCc1ccccc1. The number of rotatable bonds is 4. The predicted molar refractivity (Wildman–Crippen MR) is 77.3 cm³/mol. The number of fused-ring (bicyclic) bond motifs is 1. The van der Waals surface area contributed by atoms with E-state index < -0.39 is 0 Å². The quantitative estimate of drug-likeness (QED) is 0.915. The standard InChI is InChI=1S/C16H22N2O2/c1-17-9-15-8-13-7-14(13)10-18(15)16(19)20-11-12-5-3-2-4-6-12/h2-6,13-15,17H,7-11H2,1H3/t13-,14+,15-/m0/s1. The van der Waals surface area contributed by atoms with Crippen molar-refractivity contribution < 1.29 is 9.53 Å². The van der Waals surface area contributed by atoms with Gasteiger partial charge in [0.25, 0.3) is 0 Å². The van der Waals surface area contributed by atoms with Gasteiger partial charge in [0.1, 0.15) is 6.61 Å². The molecule has 0 unspecified atom stereocenters. The molecule has 2 aliphatic rings. The minimum atomic E-state index is -0.167. The van der Waals surface area contributed by atoms with Crippen LogP contribution in [0.1, 0.15) is 18.4 Å². The number of nitrogens with zero attached hydrogens (tertiary/aromatic N) is 1. The molecule has 1 aliphatic heterocycles. The highest BCUT2D eigenvalue weighted by atomic mass is 16.6. The molecule has 1 saturated heterocycles. The first-order valence-corrected chi connectivity index (χ1v) is 7.40. The molecule has 3 rings (SSSR count). The Morgan fingerprint density at radius 2 is 2.10 bits per heavy atom. The van der Waals surface area contributed by atoms with Gasteiger partial charge in [0.2, 0.25) is 0 Å². The van der Waals surface area contributed by atoms with E-state index in [0.717, 1.165) is 31.0 Å². The topological polar surface area (TPSA) is 41.6 Å². The van der Waals surface area contributed by atoms with Crippen LogP contribution in [0.2, 0.25) is 0 Å². The molecule has 0 radical (unpaired) electrons.